The van der Waals surface area contributed by atoms with E-state index in [1.165, 1.54) is 16.5 Å². The highest BCUT2D eigenvalue weighted by Crippen LogP contribution is 2.31. The Morgan fingerprint density at radius 1 is 1.30 bits per heavy atom. The number of H-pyrrole nitrogens is 1. The van der Waals surface area contributed by atoms with E-state index in [0.717, 1.165) is 38.1 Å². The zero-order chi connectivity index (χ0) is 14.0. The van der Waals surface area contributed by atoms with Crippen LogP contribution in [0.5, 0.6) is 0 Å². The molecule has 0 radical (unpaired) electrons. The van der Waals surface area contributed by atoms with E-state index in [1.807, 2.05) is 6.20 Å². The molecule has 20 heavy (non-hydrogen) atoms. The van der Waals surface area contributed by atoms with Gasteiger partial charge in [0.1, 0.15) is 0 Å². The summed E-state index contributed by atoms with van der Waals surface area (Å²) < 4.78 is 0. The van der Waals surface area contributed by atoms with Crippen LogP contribution in [0.1, 0.15) is 38.2 Å². The molecule has 3 N–H and O–H groups in total. The average molecular weight is 272 g/mol. The Morgan fingerprint density at radius 3 is 2.90 bits per heavy atom. The van der Waals surface area contributed by atoms with Crippen molar-refractivity contribution in [2.75, 3.05) is 6.54 Å². The van der Waals surface area contributed by atoms with Crippen molar-refractivity contribution in [1.82, 2.24) is 10.3 Å². The highest BCUT2D eigenvalue weighted by Gasteiger charge is 2.31. The Kier molecular flexibility index (Phi) is 3.81. The molecule has 2 aromatic rings. The third-order valence-corrected chi connectivity index (χ3v) is 4.66. The maximum Gasteiger partial charge on any atom is 0.0771 e. The smallest absolute Gasteiger partial charge is 0.0771 e. The molecule has 1 aliphatic carbocycles. The van der Waals surface area contributed by atoms with E-state index in [4.69, 9.17) is 0 Å². The summed E-state index contributed by atoms with van der Waals surface area (Å²) in [5.74, 6) is 0.767. The van der Waals surface area contributed by atoms with Gasteiger partial charge in [-0.1, -0.05) is 19.1 Å². The summed E-state index contributed by atoms with van der Waals surface area (Å²) in [5.41, 5.74) is 1.96. The molecule has 0 spiro atoms. The number of fused-ring (bicyclic) bond motifs is 1. The minimum absolute atomic E-state index is 0.501. The van der Waals surface area contributed by atoms with E-state index < -0.39 is 5.60 Å². The Balaban J connectivity index is 1.59. The van der Waals surface area contributed by atoms with Crippen LogP contribution in [0.3, 0.4) is 0 Å². The number of aliphatic hydroxyl groups is 1. The van der Waals surface area contributed by atoms with E-state index in [0.29, 0.717) is 6.54 Å². The third kappa shape index (κ3) is 2.89. The van der Waals surface area contributed by atoms with Gasteiger partial charge in [0, 0.05) is 30.2 Å². The lowest BCUT2D eigenvalue weighted by atomic mass is 9.79. The molecule has 0 aliphatic heterocycles. The molecule has 0 atom stereocenters. The summed E-state index contributed by atoms with van der Waals surface area (Å²) in [4.78, 5) is 3.23. The van der Waals surface area contributed by atoms with Crippen LogP contribution in [-0.4, -0.2) is 22.2 Å². The number of rotatable bonds is 4. The number of benzene rings is 1. The highest BCUT2D eigenvalue weighted by atomic mass is 16.3. The number of aromatic nitrogens is 1. The number of hydrogen-bond donors (Lipinski definition) is 3. The van der Waals surface area contributed by atoms with Gasteiger partial charge in [-0.05, 0) is 49.3 Å². The summed E-state index contributed by atoms with van der Waals surface area (Å²) >= 11 is 0. The van der Waals surface area contributed by atoms with Crippen LogP contribution in [0, 0.1) is 5.92 Å². The first-order valence-electron chi connectivity index (χ1n) is 7.64. The maximum atomic E-state index is 10.6. The number of nitrogens with one attached hydrogen (secondary N) is 2. The maximum absolute atomic E-state index is 10.6. The molecule has 0 amide bonds. The zero-order valence-electron chi connectivity index (χ0n) is 12.2. The standard InChI is InChI=1S/C17H24N2O/c1-13-5-8-17(20,9-6-13)12-18-11-14-3-2-4-16-15(14)7-10-19-16/h2-4,7,10,13,18-20H,5-6,8-9,11-12H2,1H3. The van der Waals surface area contributed by atoms with Gasteiger partial charge in [0.2, 0.25) is 0 Å². The van der Waals surface area contributed by atoms with Gasteiger partial charge in [-0.2, -0.15) is 0 Å². The SMILES string of the molecule is CC1CCC(O)(CNCc2cccc3[nH]ccc23)CC1. The van der Waals surface area contributed by atoms with E-state index in [2.05, 4.69) is 41.5 Å². The van der Waals surface area contributed by atoms with Crippen molar-refractivity contribution >= 4 is 10.9 Å². The molecule has 3 heteroatoms. The van der Waals surface area contributed by atoms with Crippen molar-refractivity contribution < 1.29 is 5.11 Å². The van der Waals surface area contributed by atoms with Crippen LogP contribution < -0.4 is 5.32 Å². The molecule has 1 aromatic heterocycles. The van der Waals surface area contributed by atoms with Crippen molar-refractivity contribution in [3.63, 3.8) is 0 Å². The number of hydrogen-bond acceptors (Lipinski definition) is 2. The highest BCUT2D eigenvalue weighted by molar-refractivity contribution is 5.82. The third-order valence-electron chi connectivity index (χ3n) is 4.66. The van der Waals surface area contributed by atoms with E-state index in [9.17, 15) is 5.11 Å². The zero-order valence-corrected chi connectivity index (χ0v) is 12.2. The molecule has 0 unspecified atom stereocenters. The second-order valence-corrected chi connectivity index (χ2v) is 6.37. The summed E-state index contributed by atoms with van der Waals surface area (Å²) in [6, 6.07) is 8.43. The summed E-state index contributed by atoms with van der Waals surface area (Å²) in [6.07, 6.45) is 6.12. The minimum Gasteiger partial charge on any atom is -0.389 e. The van der Waals surface area contributed by atoms with Crippen LogP contribution in [0.2, 0.25) is 0 Å². The van der Waals surface area contributed by atoms with Crippen LogP contribution in [-0.2, 0) is 6.54 Å². The summed E-state index contributed by atoms with van der Waals surface area (Å²) in [7, 11) is 0. The fourth-order valence-corrected chi connectivity index (χ4v) is 3.21. The van der Waals surface area contributed by atoms with E-state index in [1.54, 1.807) is 0 Å². The van der Waals surface area contributed by atoms with Gasteiger partial charge in [-0.15, -0.1) is 0 Å². The Labute approximate surface area is 120 Å². The van der Waals surface area contributed by atoms with Crippen molar-refractivity contribution in [3.8, 4) is 0 Å². The molecule has 0 saturated heterocycles. The molecule has 0 bridgehead atoms. The molecule has 108 valence electrons. The molecule has 1 aromatic carbocycles. The lowest BCUT2D eigenvalue weighted by Gasteiger charge is -2.35. The van der Waals surface area contributed by atoms with Gasteiger partial charge >= 0.3 is 0 Å². The van der Waals surface area contributed by atoms with Crippen molar-refractivity contribution in [2.45, 2.75) is 44.8 Å². The van der Waals surface area contributed by atoms with Gasteiger partial charge in [-0.3, -0.25) is 0 Å². The fraction of sp³-hybridized carbons (Fsp3) is 0.529. The van der Waals surface area contributed by atoms with Gasteiger partial charge < -0.3 is 15.4 Å². The molecular formula is C17H24N2O. The first-order valence-corrected chi connectivity index (χ1v) is 7.64. The molecular weight excluding hydrogens is 248 g/mol. The van der Waals surface area contributed by atoms with Crippen LogP contribution in [0.4, 0.5) is 0 Å². The fourth-order valence-electron chi connectivity index (χ4n) is 3.21. The minimum atomic E-state index is -0.501. The normalized spacial score (nSPS) is 27.0. The first kappa shape index (κ1) is 13.7. The monoisotopic (exact) mass is 272 g/mol. The number of aromatic amines is 1. The van der Waals surface area contributed by atoms with E-state index >= 15 is 0 Å². The molecule has 1 aliphatic rings. The van der Waals surface area contributed by atoms with Gasteiger partial charge in [-0.25, -0.2) is 0 Å². The predicted octanol–water partition coefficient (Wildman–Crippen LogP) is 3.20. The topological polar surface area (TPSA) is 48.0 Å². The Bertz CT molecular complexity index is 567. The second-order valence-electron chi connectivity index (χ2n) is 6.37. The molecule has 1 saturated carbocycles. The molecule has 1 fully saturated rings. The second kappa shape index (κ2) is 5.58. The average Bonchev–Trinajstić information content (AvgIpc) is 2.92. The molecule has 3 rings (SSSR count). The first-order chi connectivity index (χ1) is 9.66. The summed E-state index contributed by atoms with van der Waals surface area (Å²) in [5, 5.41) is 15.3. The van der Waals surface area contributed by atoms with Gasteiger partial charge in [0.15, 0.2) is 0 Å². The van der Waals surface area contributed by atoms with Gasteiger partial charge in [0.25, 0.3) is 0 Å². The van der Waals surface area contributed by atoms with Crippen LogP contribution in [0.25, 0.3) is 10.9 Å². The van der Waals surface area contributed by atoms with Crippen molar-refractivity contribution in [3.05, 3.63) is 36.0 Å². The van der Waals surface area contributed by atoms with Crippen molar-refractivity contribution in [2.24, 2.45) is 5.92 Å². The van der Waals surface area contributed by atoms with Crippen LogP contribution in [0.15, 0.2) is 30.5 Å². The lowest BCUT2D eigenvalue weighted by Crippen LogP contribution is -2.43. The van der Waals surface area contributed by atoms with Crippen molar-refractivity contribution in [1.29, 1.82) is 0 Å². The predicted molar refractivity (Wildman–Crippen MR) is 82.6 cm³/mol. The quantitative estimate of drug-likeness (QED) is 0.800. The molecule has 3 nitrogen and oxygen atoms in total. The molecule has 1 heterocycles. The lowest BCUT2D eigenvalue weighted by molar-refractivity contribution is -0.00628. The Hall–Kier alpha value is -1.32. The van der Waals surface area contributed by atoms with E-state index in [-0.39, 0.29) is 0 Å². The Morgan fingerprint density at radius 2 is 2.10 bits per heavy atom. The van der Waals surface area contributed by atoms with Crippen LogP contribution >= 0.6 is 0 Å². The largest absolute Gasteiger partial charge is 0.389 e. The van der Waals surface area contributed by atoms with Gasteiger partial charge in [0.05, 0.1) is 5.60 Å². The summed E-state index contributed by atoms with van der Waals surface area (Å²) in [6.45, 7) is 3.78.